The number of carbonyl (C=O) groups excluding carboxylic acids is 1. The average Bonchev–Trinajstić information content (AvgIpc) is 2.42. The van der Waals surface area contributed by atoms with Gasteiger partial charge in [-0.3, -0.25) is 0 Å². The van der Waals surface area contributed by atoms with Crippen molar-refractivity contribution in [2.24, 2.45) is 23.7 Å². The van der Waals surface area contributed by atoms with Crippen molar-refractivity contribution < 1.29 is 19.4 Å². The normalized spacial score (nSPS) is 34.4. The van der Waals surface area contributed by atoms with E-state index in [1.165, 1.54) is 39.0 Å². The van der Waals surface area contributed by atoms with Crippen molar-refractivity contribution in [2.75, 3.05) is 0 Å². The quantitative estimate of drug-likeness (QED) is 0.639. The van der Waals surface area contributed by atoms with E-state index in [1.54, 1.807) is 6.92 Å². The summed E-state index contributed by atoms with van der Waals surface area (Å²) in [4.78, 5) is 21.2. The van der Waals surface area contributed by atoms with E-state index in [0.717, 1.165) is 11.8 Å². The van der Waals surface area contributed by atoms with Gasteiger partial charge >= 0.3 is 11.9 Å². The molecule has 0 unspecified atom stereocenters. The van der Waals surface area contributed by atoms with E-state index < -0.39 is 5.97 Å². The summed E-state index contributed by atoms with van der Waals surface area (Å²) in [5.41, 5.74) is 0.712. The van der Waals surface area contributed by atoms with Crippen LogP contribution in [0.5, 0.6) is 0 Å². The third-order valence-corrected chi connectivity index (χ3v) is 5.10. The van der Waals surface area contributed by atoms with Gasteiger partial charge in [0.25, 0.3) is 0 Å². The molecule has 122 valence electrons. The summed E-state index contributed by atoms with van der Waals surface area (Å²) in [7, 11) is 0. The van der Waals surface area contributed by atoms with Crippen molar-refractivity contribution in [3.8, 4) is 0 Å². The smallest absolute Gasteiger partial charge is 0.333 e. The third kappa shape index (κ3) is 3.79. The number of hydrogen-bond acceptors (Lipinski definition) is 3. The Kier molecular flexibility index (Phi) is 5.09. The molecular weight excluding hydrogens is 280 g/mol. The van der Waals surface area contributed by atoms with Gasteiger partial charge in [-0.05, 0) is 69.6 Å². The van der Waals surface area contributed by atoms with Crippen molar-refractivity contribution in [3.05, 3.63) is 24.3 Å². The number of aliphatic carboxylic acids is 1. The zero-order valence-corrected chi connectivity index (χ0v) is 13.5. The molecule has 4 aliphatic carbocycles. The first-order valence-corrected chi connectivity index (χ1v) is 8.03. The SMILES string of the molecule is C=C(C)C(=O)O.C=C(C)C(=O)OC1C2CC3CC(C2)CC1C3. The van der Waals surface area contributed by atoms with Crippen molar-refractivity contribution in [2.45, 2.75) is 52.1 Å². The molecule has 0 atom stereocenters. The Balaban J connectivity index is 0.000000254. The summed E-state index contributed by atoms with van der Waals surface area (Å²) in [5, 5.41) is 7.89. The van der Waals surface area contributed by atoms with Crippen LogP contribution < -0.4 is 0 Å². The molecule has 0 saturated heterocycles. The van der Waals surface area contributed by atoms with Crippen LogP contribution in [-0.2, 0) is 14.3 Å². The van der Waals surface area contributed by atoms with Crippen LogP contribution in [-0.4, -0.2) is 23.1 Å². The number of carboxylic acid groups (broad SMARTS) is 1. The molecule has 0 amide bonds. The first-order chi connectivity index (χ1) is 10.3. The summed E-state index contributed by atoms with van der Waals surface area (Å²) in [6.45, 7) is 10.0. The molecular formula is C18H26O4. The molecule has 0 aromatic heterocycles. The summed E-state index contributed by atoms with van der Waals surface area (Å²) in [5.74, 6) is 2.05. The fraction of sp³-hybridized carbons (Fsp3) is 0.667. The Labute approximate surface area is 132 Å². The lowest BCUT2D eigenvalue weighted by molar-refractivity contribution is -0.166. The van der Waals surface area contributed by atoms with E-state index in [2.05, 4.69) is 13.2 Å². The highest BCUT2D eigenvalue weighted by Crippen LogP contribution is 2.54. The molecule has 4 heteroatoms. The van der Waals surface area contributed by atoms with Gasteiger partial charge in [0.05, 0.1) is 0 Å². The number of esters is 1. The molecule has 4 rings (SSSR count). The van der Waals surface area contributed by atoms with Crippen LogP contribution in [0.1, 0.15) is 46.0 Å². The molecule has 0 aromatic rings. The zero-order valence-electron chi connectivity index (χ0n) is 13.5. The van der Waals surface area contributed by atoms with Crippen LogP contribution in [0.3, 0.4) is 0 Å². The molecule has 4 saturated carbocycles. The summed E-state index contributed by atoms with van der Waals surface area (Å²) in [6.07, 6.45) is 6.82. The maximum absolute atomic E-state index is 11.6. The van der Waals surface area contributed by atoms with Gasteiger partial charge in [-0.15, -0.1) is 0 Å². The van der Waals surface area contributed by atoms with Gasteiger partial charge in [0.15, 0.2) is 0 Å². The van der Waals surface area contributed by atoms with Gasteiger partial charge < -0.3 is 9.84 Å². The summed E-state index contributed by atoms with van der Waals surface area (Å²) < 4.78 is 5.65. The number of carboxylic acids is 1. The Morgan fingerprint density at radius 3 is 1.64 bits per heavy atom. The zero-order chi connectivity index (χ0) is 16.4. The van der Waals surface area contributed by atoms with Crippen LogP contribution in [0.2, 0.25) is 0 Å². The predicted octanol–water partition coefficient (Wildman–Crippen LogP) is 3.58. The molecule has 0 heterocycles. The van der Waals surface area contributed by atoms with Crippen molar-refractivity contribution in [1.29, 1.82) is 0 Å². The van der Waals surface area contributed by atoms with Gasteiger partial charge in [-0.2, -0.15) is 0 Å². The van der Waals surface area contributed by atoms with Gasteiger partial charge in [-0.25, -0.2) is 9.59 Å². The minimum Gasteiger partial charge on any atom is -0.478 e. The van der Waals surface area contributed by atoms with Crippen LogP contribution in [0.25, 0.3) is 0 Å². The lowest BCUT2D eigenvalue weighted by atomic mass is 9.55. The number of hydrogen-bond donors (Lipinski definition) is 1. The minimum atomic E-state index is -0.935. The Bertz CT molecular complexity index is 451. The van der Waals surface area contributed by atoms with Crippen LogP contribution in [0.4, 0.5) is 0 Å². The molecule has 0 aromatic carbocycles. The van der Waals surface area contributed by atoms with E-state index in [9.17, 15) is 9.59 Å². The number of ether oxygens (including phenoxy) is 1. The second-order valence-electron chi connectivity index (χ2n) is 7.17. The van der Waals surface area contributed by atoms with Crippen molar-refractivity contribution in [3.63, 3.8) is 0 Å². The van der Waals surface area contributed by atoms with E-state index in [-0.39, 0.29) is 17.6 Å². The summed E-state index contributed by atoms with van der Waals surface area (Å²) in [6, 6.07) is 0. The Morgan fingerprint density at radius 2 is 1.32 bits per heavy atom. The molecule has 0 radical (unpaired) electrons. The minimum absolute atomic E-state index is 0.176. The molecule has 4 aliphatic rings. The van der Waals surface area contributed by atoms with Crippen LogP contribution in [0.15, 0.2) is 24.3 Å². The van der Waals surface area contributed by atoms with Crippen molar-refractivity contribution >= 4 is 11.9 Å². The molecule has 1 N–H and O–H groups in total. The molecule has 4 nitrogen and oxygen atoms in total. The Hall–Kier alpha value is -1.58. The molecule has 0 aliphatic heterocycles. The average molecular weight is 306 g/mol. The highest BCUT2D eigenvalue weighted by molar-refractivity contribution is 5.87. The van der Waals surface area contributed by atoms with E-state index in [1.807, 2.05) is 0 Å². The number of rotatable bonds is 3. The van der Waals surface area contributed by atoms with E-state index in [4.69, 9.17) is 9.84 Å². The predicted molar refractivity (Wildman–Crippen MR) is 84.2 cm³/mol. The largest absolute Gasteiger partial charge is 0.478 e. The second kappa shape index (κ2) is 6.67. The van der Waals surface area contributed by atoms with Crippen LogP contribution >= 0.6 is 0 Å². The van der Waals surface area contributed by atoms with Gasteiger partial charge in [0.2, 0.25) is 0 Å². The molecule has 4 fully saturated rings. The first kappa shape index (κ1) is 16.8. The second-order valence-corrected chi connectivity index (χ2v) is 7.17. The lowest BCUT2D eigenvalue weighted by Gasteiger charge is -2.53. The van der Waals surface area contributed by atoms with Crippen molar-refractivity contribution in [1.82, 2.24) is 0 Å². The lowest BCUT2D eigenvalue weighted by Crippen LogP contribution is -2.50. The fourth-order valence-corrected chi connectivity index (χ4v) is 4.29. The number of carbonyl (C=O) groups is 2. The topological polar surface area (TPSA) is 63.6 Å². The molecule has 22 heavy (non-hydrogen) atoms. The molecule has 0 spiro atoms. The third-order valence-electron chi connectivity index (χ3n) is 5.10. The maximum atomic E-state index is 11.6. The first-order valence-electron chi connectivity index (χ1n) is 8.03. The standard InChI is InChI=1S/C14H20O2.C4H6O2/c1-8(2)14(15)16-13-11-4-9-3-10(6-11)7-12(13)5-9;1-3(2)4(5)6/h9-13H,1,3-7H2,2H3;1H2,2H3,(H,5,6). The summed E-state index contributed by atoms with van der Waals surface area (Å²) >= 11 is 0. The van der Waals surface area contributed by atoms with Gasteiger partial charge in [0, 0.05) is 11.1 Å². The monoisotopic (exact) mass is 306 g/mol. The highest BCUT2D eigenvalue weighted by Gasteiger charge is 2.49. The fourth-order valence-electron chi connectivity index (χ4n) is 4.29. The Morgan fingerprint density at radius 1 is 0.909 bits per heavy atom. The van der Waals surface area contributed by atoms with E-state index in [0.29, 0.717) is 17.4 Å². The van der Waals surface area contributed by atoms with Crippen LogP contribution in [0, 0.1) is 23.7 Å². The van der Waals surface area contributed by atoms with Gasteiger partial charge in [0.1, 0.15) is 6.10 Å². The van der Waals surface area contributed by atoms with Gasteiger partial charge in [-0.1, -0.05) is 13.2 Å². The highest BCUT2D eigenvalue weighted by atomic mass is 16.5. The van der Waals surface area contributed by atoms with E-state index >= 15 is 0 Å². The molecule has 4 bridgehead atoms. The maximum Gasteiger partial charge on any atom is 0.333 e.